The molecule has 16 heavy (non-hydrogen) atoms. The van der Waals surface area contributed by atoms with Gasteiger partial charge in [-0.25, -0.2) is 0 Å². The van der Waals surface area contributed by atoms with Crippen molar-refractivity contribution >= 4 is 0 Å². The lowest BCUT2D eigenvalue weighted by Crippen LogP contribution is -2.25. The van der Waals surface area contributed by atoms with E-state index < -0.39 is 0 Å². The molecular formula is C13H27NO2. The minimum atomic E-state index is -0.0223. The molecule has 0 radical (unpaired) electrons. The van der Waals surface area contributed by atoms with Gasteiger partial charge >= 0.3 is 0 Å². The quantitative estimate of drug-likeness (QED) is 0.436. The predicted molar refractivity (Wildman–Crippen MR) is 66.5 cm³/mol. The van der Waals surface area contributed by atoms with Gasteiger partial charge in [-0.2, -0.15) is 0 Å². The van der Waals surface area contributed by atoms with Crippen LogP contribution in [0.15, 0.2) is 0 Å². The molecule has 3 heteroatoms. The highest BCUT2D eigenvalue weighted by Crippen LogP contribution is 2.33. The third-order valence-electron chi connectivity index (χ3n) is 2.92. The van der Waals surface area contributed by atoms with Crippen LogP contribution in [0.1, 0.15) is 46.0 Å². The Labute approximate surface area is 99.9 Å². The van der Waals surface area contributed by atoms with Crippen molar-refractivity contribution in [3.63, 3.8) is 0 Å². The lowest BCUT2D eigenvalue weighted by atomic mass is 10.2. The fraction of sp³-hybridized carbons (Fsp3) is 1.00. The third-order valence-corrected chi connectivity index (χ3v) is 2.92. The van der Waals surface area contributed by atoms with Gasteiger partial charge < -0.3 is 14.8 Å². The number of nitrogens with one attached hydrogen (secondary N) is 1. The zero-order valence-electron chi connectivity index (χ0n) is 10.8. The van der Waals surface area contributed by atoms with E-state index in [0.717, 1.165) is 38.6 Å². The molecule has 3 nitrogen and oxygen atoms in total. The van der Waals surface area contributed by atoms with Crippen LogP contribution in [0.3, 0.4) is 0 Å². The molecule has 0 amide bonds. The first kappa shape index (κ1) is 13.9. The molecule has 1 N–H and O–H groups in total. The molecule has 1 aliphatic rings. The van der Waals surface area contributed by atoms with E-state index in [1.54, 1.807) is 0 Å². The Hall–Kier alpha value is -0.120. The molecule has 0 unspecified atom stereocenters. The minimum Gasteiger partial charge on any atom is -0.353 e. The van der Waals surface area contributed by atoms with E-state index in [-0.39, 0.29) is 6.29 Å². The zero-order chi connectivity index (χ0) is 11.6. The van der Waals surface area contributed by atoms with Gasteiger partial charge in [0.15, 0.2) is 6.29 Å². The fourth-order valence-electron chi connectivity index (χ4n) is 1.85. The molecule has 0 saturated heterocycles. The lowest BCUT2D eigenvalue weighted by Gasteiger charge is -2.16. The van der Waals surface area contributed by atoms with Crippen molar-refractivity contribution in [3.05, 3.63) is 0 Å². The van der Waals surface area contributed by atoms with Gasteiger partial charge in [0.1, 0.15) is 0 Å². The van der Waals surface area contributed by atoms with Crippen LogP contribution in [0.2, 0.25) is 0 Å². The van der Waals surface area contributed by atoms with Gasteiger partial charge in [0.2, 0.25) is 0 Å². The molecule has 0 bridgehead atoms. The SMILES string of the molecule is CCOC(CCNCCCC1CC1)OCC. The molecule has 0 heterocycles. The highest BCUT2D eigenvalue weighted by molar-refractivity contribution is 4.72. The normalized spacial score (nSPS) is 15.9. The van der Waals surface area contributed by atoms with Gasteiger partial charge in [0.05, 0.1) is 0 Å². The maximum Gasteiger partial charge on any atom is 0.158 e. The van der Waals surface area contributed by atoms with E-state index in [4.69, 9.17) is 9.47 Å². The van der Waals surface area contributed by atoms with E-state index in [0.29, 0.717) is 0 Å². The first-order chi connectivity index (χ1) is 7.86. The summed E-state index contributed by atoms with van der Waals surface area (Å²) in [5, 5.41) is 3.46. The monoisotopic (exact) mass is 229 g/mol. The van der Waals surface area contributed by atoms with Gasteiger partial charge in [-0.15, -0.1) is 0 Å². The number of ether oxygens (including phenoxy) is 2. The highest BCUT2D eigenvalue weighted by atomic mass is 16.7. The predicted octanol–water partition coefficient (Wildman–Crippen LogP) is 2.56. The third kappa shape index (κ3) is 7.20. The van der Waals surface area contributed by atoms with Crippen molar-refractivity contribution in [2.75, 3.05) is 26.3 Å². The van der Waals surface area contributed by atoms with E-state index >= 15 is 0 Å². The van der Waals surface area contributed by atoms with E-state index in [2.05, 4.69) is 5.32 Å². The summed E-state index contributed by atoms with van der Waals surface area (Å²) in [7, 11) is 0. The van der Waals surface area contributed by atoms with Gasteiger partial charge in [0, 0.05) is 19.6 Å². The van der Waals surface area contributed by atoms with Gasteiger partial charge in [0.25, 0.3) is 0 Å². The summed E-state index contributed by atoms with van der Waals surface area (Å²) >= 11 is 0. The van der Waals surface area contributed by atoms with Crippen LogP contribution in [0.5, 0.6) is 0 Å². The molecule has 1 saturated carbocycles. The molecule has 1 aliphatic carbocycles. The molecule has 0 aromatic heterocycles. The maximum atomic E-state index is 5.47. The van der Waals surface area contributed by atoms with Crippen LogP contribution in [-0.2, 0) is 9.47 Å². The van der Waals surface area contributed by atoms with Crippen LogP contribution < -0.4 is 5.32 Å². The van der Waals surface area contributed by atoms with E-state index in [1.165, 1.54) is 25.7 Å². The molecular weight excluding hydrogens is 202 g/mol. The summed E-state index contributed by atoms with van der Waals surface area (Å²) in [5.74, 6) is 1.06. The van der Waals surface area contributed by atoms with Crippen LogP contribution in [-0.4, -0.2) is 32.6 Å². The Morgan fingerprint density at radius 3 is 2.38 bits per heavy atom. The van der Waals surface area contributed by atoms with Crippen molar-refractivity contribution in [1.29, 1.82) is 0 Å². The summed E-state index contributed by atoms with van der Waals surface area (Å²) < 4.78 is 10.9. The van der Waals surface area contributed by atoms with Gasteiger partial charge in [-0.1, -0.05) is 12.8 Å². The van der Waals surface area contributed by atoms with Crippen LogP contribution >= 0.6 is 0 Å². The number of hydrogen-bond donors (Lipinski definition) is 1. The first-order valence-corrected chi connectivity index (χ1v) is 6.80. The number of hydrogen-bond acceptors (Lipinski definition) is 3. The molecule has 0 atom stereocenters. The summed E-state index contributed by atoms with van der Waals surface area (Å²) in [4.78, 5) is 0. The van der Waals surface area contributed by atoms with Crippen molar-refractivity contribution in [2.24, 2.45) is 5.92 Å². The average molecular weight is 229 g/mol. The molecule has 96 valence electrons. The molecule has 0 aromatic rings. The lowest BCUT2D eigenvalue weighted by molar-refractivity contribution is -0.138. The van der Waals surface area contributed by atoms with Crippen molar-refractivity contribution in [2.45, 2.75) is 52.2 Å². The Kier molecular flexibility index (Phi) is 7.81. The average Bonchev–Trinajstić information content (AvgIpc) is 3.07. The maximum absolute atomic E-state index is 5.47. The Morgan fingerprint density at radius 1 is 1.12 bits per heavy atom. The van der Waals surface area contributed by atoms with Gasteiger partial charge in [-0.3, -0.25) is 0 Å². The van der Waals surface area contributed by atoms with Gasteiger partial charge in [-0.05, 0) is 45.7 Å². The Balaban J connectivity index is 1.85. The zero-order valence-corrected chi connectivity index (χ0v) is 10.8. The van der Waals surface area contributed by atoms with E-state index in [9.17, 15) is 0 Å². The van der Waals surface area contributed by atoms with Crippen LogP contribution in [0, 0.1) is 5.92 Å². The second-order valence-corrected chi connectivity index (χ2v) is 4.46. The van der Waals surface area contributed by atoms with Crippen molar-refractivity contribution < 1.29 is 9.47 Å². The van der Waals surface area contributed by atoms with Crippen molar-refractivity contribution in [1.82, 2.24) is 5.32 Å². The molecule has 0 aliphatic heterocycles. The second-order valence-electron chi connectivity index (χ2n) is 4.46. The first-order valence-electron chi connectivity index (χ1n) is 6.80. The van der Waals surface area contributed by atoms with Crippen molar-refractivity contribution in [3.8, 4) is 0 Å². The van der Waals surface area contributed by atoms with Crippen LogP contribution in [0.25, 0.3) is 0 Å². The Bertz CT molecular complexity index is 154. The fourth-order valence-corrected chi connectivity index (χ4v) is 1.85. The smallest absolute Gasteiger partial charge is 0.158 e. The molecule has 0 aromatic carbocycles. The number of rotatable bonds is 11. The topological polar surface area (TPSA) is 30.5 Å². The standard InChI is InChI=1S/C13H27NO2/c1-3-15-13(16-4-2)9-11-14-10-5-6-12-7-8-12/h12-14H,3-11H2,1-2H3. The summed E-state index contributed by atoms with van der Waals surface area (Å²) in [6, 6.07) is 0. The second kappa shape index (κ2) is 8.97. The summed E-state index contributed by atoms with van der Waals surface area (Å²) in [5.41, 5.74) is 0. The molecule has 1 rings (SSSR count). The molecule has 0 spiro atoms. The summed E-state index contributed by atoms with van der Waals surface area (Å²) in [6.07, 6.45) is 6.59. The molecule has 1 fully saturated rings. The highest BCUT2D eigenvalue weighted by Gasteiger charge is 2.19. The minimum absolute atomic E-state index is 0.0223. The Morgan fingerprint density at radius 2 is 1.81 bits per heavy atom. The largest absolute Gasteiger partial charge is 0.353 e. The van der Waals surface area contributed by atoms with Crippen LogP contribution in [0.4, 0.5) is 0 Å². The summed E-state index contributed by atoms with van der Waals surface area (Å²) in [6.45, 7) is 7.61. The van der Waals surface area contributed by atoms with E-state index in [1.807, 2.05) is 13.8 Å².